The number of aliphatic hydroxyl groups excluding tert-OH is 1. The summed E-state index contributed by atoms with van der Waals surface area (Å²) in [4.78, 5) is 11.3. The van der Waals surface area contributed by atoms with E-state index in [0.717, 1.165) is 5.56 Å². The average Bonchev–Trinajstić information content (AvgIpc) is 2.40. The number of carbonyl (C=O) groups excluding carboxylic acids is 1. The highest BCUT2D eigenvalue weighted by Gasteiger charge is 2.07. The van der Waals surface area contributed by atoms with Crippen molar-refractivity contribution in [1.29, 1.82) is 0 Å². The third kappa shape index (κ3) is 5.77. The van der Waals surface area contributed by atoms with Gasteiger partial charge in [-0.15, -0.1) is 0 Å². The molecule has 5 heteroatoms. The predicted molar refractivity (Wildman–Crippen MR) is 69.2 cm³/mol. The highest BCUT2D eigenvalue weighted by molar-refractivity contribution is 5.77. The number of benzene rings is 1. The molecule has 1 atom stereocenters. The van der Waals surface area contributed by atoms with Gasteiger partial charge in [-0.1, -0.05) is 30.3 Å². The SMILES string of the molecule is COCCNC(=O)CNCC(O)c1ccccc1. The molecule has 1 aromatic carbocycles. The van der Waals surface area contributed by atoms with Crippen LogP contribution in [0.4, 0.5) is 0 Å². The molecule has 0 heterocycles. The van der Waals surface area contributed by atoms with Crippen molar-refractivity contribution in [1.82, 2.24) is 10.6 Å². The van der Waals surface area contributed by atoms with Gasteiger partial charge in [0.15, 0.2) is 0 Å². The van der Waals surface area contributed by atoms with Crippen LogP contribution in [-0.4, -0.2) is 44.4 Å². The van der Waals surface area contributed by atoms with Crippen molar-refractivity contribution in [2.45, 2.75) is 6.10 Å². The van der Waals surface area contributed by atoms with Gasteiger partial charge >= 0.3 is 0 Å². The molecule has 3 N–H and O–H groups in total. The Morgan fingerprint density at radius 1 is 1.39 bits per heavy atom. The summed E-state index contributed by atoms with van der Waals surface area (Å²) < 4.78 is 4.82. The fourth-order valence-electron chi connectivity index (χ4n) is 1.47. The summed E-state index contributed by atoms with van der Waals surface area (Å²) in [6.07, 6.45) is -0.599. The van der Waals surface area contributed by atoms with Gasteiger partial charge in [0.05, 0.1) is 19.3 Å². The van der Waals surface area contributed by atoms with Crippen molar-refractivity contribution < 1.29 is 14.6 Å². The summed E-state index contributed by atoms with van der Waals surface area (Å²) in [7, 11) is 1.58. The Hall–Kier alpha value is -1.43. The molecule has 1 aromatic rings. The zero-order chi connectivity index (χ0) is 13.2. The molecule has 0 radical (unpaired) electrons. The zero-order valence-corrected chi connectivity index (χ0v) is 10.6. The highest BCUT2D eigenvalue weighted by Crippen LogP contribution is 2.09. The Labute approximate surface area is 107 Å². The van der Waals surface area contributed by atoms with Crippen molar-refractivity contribution in [3.63, 3.8) is 0 Å². The van der Waals surface area contributed by atoms with Crippen LogP contribution in [0.2, 0.25) is 0 Å². The summed E-state index contributed by atoms with van der Waals surface area (Å²) in [5.74, 6) is -0.104. The number of carbonyl (C=O) groups is 1. The molecule has 1 rings (SSSR count). The van der Waals surface area contributed by atoms with E-state index in [9.17, 15) is 9.90 Å². The van der Waals surface area contributed by atoms with Gasteiger partial charge in [0, 0.05) is 20.2 Å². The van der Waals surface area contributed by atoms with E-state index >= 15 is 0 Å². The maximum absolute atomic E-state index is 11.3. The standard InChI is InChI=1S/C13H20N2O3/c1-18-8-7-15-13(17)10-14-9-12(16)11-5-3-2-4-6-11/h2-6,12,14,16H,7-10H2,1H3,(H,15,17). The second kappa shape index (κ2) is 8.63. The molecule has 100 valence electrons. The molecule has 1 unspecified atom stereocenters. The van der Waals surface area contributed by atoms with E-state index in [4.69, 9.17) is 4.74 Å². The number of hydrogen-bond acceptors (Lipinski definition) is 4. The molecule has 0 saturated heterocycles. The highest BCUT2D eigenvalue weighted by atomic mass is 16.5. The molecular formula is C13H20N2O3. The maximum atomic E-state index is 11.3. The molecule has 0 fully saturated rings. The molecule has 0 bridgehead atoms. The molecule has 0 spiro atoms. The van der Waals surface area contributed by atoms with Crippen LogP contribution in [0.3, 0.4) is 0 Å². The first-order chi connectivity index (χ1) is 8.74. The van der Waals surface area contributed by atoms with Crippen molar-refractivity contribution in [3.05, 3.63) is 35.9 Å². The number of nitrogens with one attached hydrogen (secondary N) is 2. The van der Waals surface area contributed by atoms with Crippen LogP contribution < -0.4 is 10.6 Å². The molecule has 5 nitrogen and oxygen atoms in total. The molecular weight excluding hydrogens is 232 g/mol. The average molecular weight is 252 g/mol. The summed E-state index contributed by atoms with van der Waals surface area (Å²) in [6.45, 7) is 1.53. The van der Waals surface area contributed by atoms with E-state index in [0.29, 0.717) is 19.7 Å². The van der Waals surface area contributed by atoms with E-state index in [-0.39, 0.29) is 12.5 Å². The van der Waals surface area contributed by atoms with Gasteiger partial charge < -0.3 is 20.5 Å². The van der Waals surface area contributed by atoms with Crippen LogP contribution in [0, 0.1) is 0 Å². The number of ether oxygens (including phenoxy) is 1. The van der Waals surface area contributed by atoms with Crippen LogP contribution in [-0.2, 0) is 9.53 Å². The van der Waals surface area contributed by atoms with Crippen LogP contribution in [0.1, 0.15) is 11.7 Å². The first-order valence-electron chi connectivity index (χ1n) is 5.93. The Bertz CT molecular complexity index is 343. The Morgan fingerprint density at radius 3 is 2.78 bits per heavy atom. The first kappa shape index (κ1) is 14.6. The van der Waals surface area contributed by atoms with Crippen molar-refractivity contribution in [2.75, 3.05) is 33.4 Å². The van der Waals surface area contributed by atoms with E-state index in [1.54, 1.807) is 7.11 Å². The fraction of sp³-hybridized carbons (Fsp3) is 0.462. The Morgan fingerprint density at radius 2 is 2.11 bits per heavy atom. The lowest BCUT2D eigenvalue weighted by atomic mass is 10.1. The second-order valence-corrected chi connectivity index (χ2v) is 3.90. The quantitative estimate of drug-likeness (QED) is 0.573. The molecule has 0 saturated carbocycles. The monoisotopic (exact) mass is 252 g/mol. The van der Waals surface area contributed by atoms with Gasteiger partial charge in [-0.2, -0.15) is 0 Å². The normalized spacial score (nSPS) is 12.1. The molecule has 18 heavy (non-hydrogen) atoms. The lowest BCUT2D eigenvalue weighted by Crippen LogP contribution is -2.37. The first-order valence-corrected chi connectivity index (χ1v) is 5.93. The maximum Gasteiger partial charge on any atom is 0.234 e. The Balaban J connectivity index is 2.16. The van der Waals surface area contributed by atoms with Crippen LogP contribution >= 0.6 is 0 Å². The topological polar surface area (TPSA) is 70.6 Å². The van der Waals surface area contributed by atoms with Gasteiger partial charge in [0.1, 0.15) is 0 Å². The summed E-state index contributed by atoms with van der Waals surface area (Å²) in [5, 5.41) is 15.4. The number of hydrogen-bond donors (Lipinski definition) is 3. The number of amides is 1. The molecule has 0 aromatic heterocycles. The lowest BCUT2D eigenvalue weighted by Gasteiger charge is -2.12. The van der Waals surface area contributed by atoms with E-state index < -0.39 is 6.10 Å². The molecule has 1 amide bonds. The third-order valence-electron chi connectivity index (χ3n) is 2.44. The fourth-order valence-corrected chi connectivity index (χ4v) is 1.47. The van der Waals surface area contributed by atoms with E-state index in [1.807, 2.05) is 30.3 Å². The summed E-state index contributed by atoms with van der Waals surface area (Å²) in [5.41, 5.74) is 0.838. The zero-order valence-electron chi connectivity index (χ0n) is 10.6. The number of rotatable bonds is 8. The molecule has 0 aliphatic rings. The van der Waals surface area contributed by atoms with Crippen molar-refractivity contribution in [3.8, 4) is 0 Å². The van der Waals surface area contributed by atoms with Crippen LogP contribution in [0.25, 0.3) is 0 Å². The van der Waals surface area contributed by atoms with Crippen LogP contribution in [0.15, 0.2) is 30.3 Å². The minimum Gasteiger partial charge on any atom is -0.387 e. The van der Waals surface area contributed by atoms with Gasteiger partial charge in [-0.3, -0.25) is 4.79 Å². The predicted octanol–water partition coefficient (Wildman–Crippen LogP) is 0.0722. The van der Waals surface area contributed by atoms with Crippen molar-refractivity contribution in [2.24, 2.45) is 0 Å². The van der Waals surface area contributed by atoms with Gasteiger partial charge in [0.2, 0.25) is 5.91 Å². The largest absolute Gasteiger partial charge is 0.387 e. The van der Waals surface area contributed by atoms with Gasteiger partial charge in [-0.25, -0.2) is 0 Å². The van der Waals surface area contributed by atoms with Crippen LogP contribution in [0.5, 0.6) is 0 Å². The minimum absolute atomic E-state index is 0.104. The minimum atomic E-state index is -0.599. The van der Waals surface area contributed by atoms with Gasteiger partial charge in [0.25, 0.3) is 0 Å². The van der Waals surface area contributed by atoms with E-state index in [2.05, 4.69) is 10.6 Å². The van der Waals surface area contributed by atoms with Crippen molar-refractivity contribution >= 4 is 5.91 Å². The smallest absolute Gasteiger partial charge is 0.234 e. The Kier molecular flexibility index (Phi) is 7.01. The molecule has 0 aliphatic heterocycles. The second-order valence-electron chi connectivity index (χ2n) is 3.90. The van der Waals surface area contributed by atoms with Gasteiger partial charge in [-0.05, 0) is 5.56 Å². The number of methoxy groups -OCH3 is 1. The molecule has 0 aliphatic carbocycles. The summed E-state index contributed by atoms with van der Waals surface area (Å²) in [6, 6.07) is 9.34. The lowest BCUT2D eigenvalue weighted by molar-refractivity contribution is -0.120. The van der Waals surface area contributed by atoms with E-state index in [1.165, 1.54) is 0 Å². The summed E-state index contributed by atoms with van der Waals surface area (Å²) >= 11 is 0. The third-order valence-corrected chi connectivity index (χ3v) is 2.44. The number of aliphatic hydroxyl groups is 1.